The average molecular weight is 407 g/mol. The minimum absolute atomic E-state index is 0.297. The molecule has 0 aliphatic carbocycles. The van der Waals surface area contributed by atoms with Crippen molar-refractivity contribution >= 4 is 5.97 Å². The van der Waals surface area contributed by atoms with E-state index in [9.17, 15) is 4.79 Å². The summed E-state index contributed by atoms with van der Waals surface area (Å²) >= 11 is 0. The molecule has 152 valence electrons. The highest BCUT2D eigenvalue weighted by Gasteiger charge is 2.21. The zero-order valence-corrected chi connectivity index (χ0v) is 17.1. The number of esters is 1. The molecular weight excluding hydrogens is 386 g/mol. The zero-order valence-electron chi connectivity index (χ0n) is 17.1. The third kappa shape index (κ3) is 4.39. The van der Waals surface area contributed by atoms with Gasteiger partial charge in [-0.3, -0.25) is 4.98 Å². The number of pyridine rings is 1. The molecule has 0 unspecified atom stereocenters. The monoisotopic (exact) mass is 407 g/mol. The number of benzene rings is 2. The van der Waals surface area contributed by atoms with Gasteiger partial charge in [0.05, 0.1) is 29.5 Å². The third-order valence-corrected chi connectivity index (χ3v) is 5.03. The van der Waals surface area contributed by atoms with Crippen molar-refractivity contribution in [3.63, 3.8) is 0 Å². The van der Waals surface area contributed by atoms with Gasteiger partial charge in [-0.05, 0) is 42.3 Å². The highest BCUT2D eigenvalue weighted by molar-refractivity contribution is 5.99. The second-order valence-corrected chi connectivity index (χ2v) is 7.06. The van der Waals surface area contributed by atoms with Gasteiger partial charge in [0, 0.05) is 35.6 Å². The first-order valence-corrected chi connectivity index (χ1v) is 10.1. The van der Waals surface area contributed by atoms with Crippen LogP contribution in [0.3, 0.4) is 0 Å². The largest absolute Gasteiger partial charge is 0.462 e. The van der Waals surface area contributed by atoms with Crippen molar-refractivity contribution < 1.29 is 9.53 Å². The Morgan fingerprint density at radius 2 is 1.87 bits per heavy atom. The minimum atomic E-state index is -0.362. The maximum atomic E-state index is 12.8. The summed E-state index contributed by atoms with van der Waals surface area (Å²) in [5.74, 6) is -0.362. The number of hydrogen-bond donors (Lipinski definition) is 1. The number of aromatic amines is 1. The lowest BCUT2D eigenvalue weighted by molar-refractivity contribution is 0.0526. The van der Waals surface area contributed by atoms with Crippen LogP contribution in [-0.4, -0.2) is 22.5 Å². The summed E-state index contributed by atoms with van der Waals surface area (Å²) in [6.07, 6.45) is 4.10. The Labute approximate surface area is 181 Å². The van der Waals surface area contributed by atoms with Gasteiger partial charge < -0.3 is 9.72 Å². The van der Waals surface area contributed by atoms with Gasteiger partial charge in [-0.25, -0.2) is 4.79 Å². The molecule has 0 saturated heterocycles. The molecule has 0 fully saturated rings. The van der Waals surface area contributed by atoms with Crippen molar-refractivity contribution in [3.05, 3.63) is 102 Å². The van der Waals surface area contributed by atoms with E-state index >= 15 is 0 Å². The maximum Gasteiger partial charge on any atom is 0.340 e. The van der Waals surface area contributed by atoms with Crippen molar-refractivity contribution in [2.45, 2.75) is 13.3 Å². The van der Waals surface area contributed by atoms with Crippen LogP contribution < -0.4 is 0 Å². The van der Waals surface area contributed by atoms with E-state index in [0.717, 1.165) is 33.6 Å². The molecule has 1 N–H and O–H groups in total. The topological polar surface area (TPSA) is 78.8 Å². The van der Waals surface area contributed by atoms with Crippen molar-refractivity contribution in [2.75, 3.05) is 6.61 Å². The molecule has 0 radical (unpaired) electrons. The van der Waals surface area contributed by atoms with E-state index in [1.54, 1.807) is 19.2 Å². The number of aromatic nitrogens is 2. The van der Waals surface area contributed by atoms with Gasteiger partial charge in [-0.1, -0.05) is 42.5 Å². The van der Waals surface area contributed by atoms with Crippen LogP contribution in [0.5, 0.6) is 0 Å². The second kappa shape index (κ2) is 9.10. The number of hydrogen-bond acceptors (Lipinski definition) is 4. The lowest BCUT2D eigenvalue weighted by Crippen LogP contribution is -2.08. The summed E-state index contributed by atoms with van der Waals surface area (Å²) in [4.78, 5) is 20.4. The number of H-pyrrole nitrogens is 1. The lowest BCUT2D eigenvalue weighted by Gasteiger charge is -2.09. The third-order valence-electron chi connectivity index (χ3n) is 5.03. The van der Waals surface area contributed by atoms with Crippen molar-refractivity contribution in [1.29, 1.82) is 5.26 Å². The first kappa shape index (κ1) is 20.1. The van der Waals surface area contributed by atoms with E-state index in [1.807, 2.05) is 66.9 Å². The number of carbonyl (C=O) groups excluding carboxylic acids is 1. The molecule has 0 bridgehead atoms. The molecule has 0 saturated carbocycles. The number of nitrogens with zero attached hydrogens (tertiary/aromatic N) is 2. The molecule has 0 aliphatic heterocycles. The zero-order chi connectivity index (χ0) is 21.6. The summed E-state index contributed by atoms with van der Waals surface area (Å²) < 4.78 is 5.34. The van der Waals surface area contributed by atoms with Crippen molar-refractivity contribution in [2.24, 2.45) is 0 Å². The Hall–Kier alpha value is -4.17. The number of ether oxygens (including phenoxy) is 1. The molecule has 0 spiro atoms. The molecule has 5 heteroatoms. The Bertz CT molecular complexity index is 1240. The van der Waals surface area contributed by atoms with Crippen LogP contribution in [0.15, 0.2) is 79.1 Å². The van der Waals surface area contributed by atoms with Gasteiger partial charge >= 0.3 is 5.97 Å². The van der Waals surface area contributed by atoms with E-state index in [4.69, 9.17) is 10.00 Å². The van der Waals surface area contributed by atoms with Crippen LogP contribution in [0.1, 0.15) is 34.1 Å². The summed E-state index contributed by atoms with van der Waals surface area (Å²) in [5, 5.41) is 9.16. The molecule has 0 atom stereocenters. The van der Waals surface area contributed by atoms with Gasteiger partial charge in [0.2, 0.25) is 0 Å². The first-order valence-electron chi connectivity index (χ1n) is 10.1. The number of rotatable bonds is 6. The first-order chi connectivity index (χ1) is 15.2. The Balaban J connectivity index is 1.70. The molecular formula is C26H21N3O2. The van der Waals surface area contributed by atoms with Crippen LogP contribution in [-0.2, 0) is 11.2 Å². The normalized spacial score (nSPS) is 10.5. The minimum Gasteiger partial charge on any atom is -0.462 e. The van der Waals surface area contributed by atoms with Gasteiger partial charge in [-0.2, -0.15) is 5.26 Å². The standard InChI is InChI=1S/C26H21N3O2/c1-2-31-26(30)25-22(17-29-24(25)15-18-6-5-7-19(14-18)16-27)20-9-11-21(12-10-20)23-8-3-4-13-28-23/h3-14,17,29H,2,15H2,1H3. The van der Waals surface area contributed by atoms with Gasteiger partial charge in [0.15, 0.2) is 0 Å². The average Bonchev–Trinajstić information content (AvgIpc) is 3.23. The fourth-order valence-electron chi connectivity index (χ4n) is 3.58. The SMILES string of the molecule is CCOC(=O)c1c(-c2ccc(-c3ccccn3)cc2)c[nH]c1Cc1cccc(C#N)c1. The van der Waals surface area contributed by atoms with E-state index < -0.39 is 0 Å². The quantitative estimate of drug-likeness (QED) is 0.435. The smallest absolute Gasteiger partial charge is 0.340 e. The summed E-state index contributed by atoms with van der Waals surface area (Å²) in [5.41, 5.74) is 6.43. The molecule has 2 aromatic carbocycles. The molecule has 4 rings (SSSR count). The van der Waals surface area contributed by atoms with Crippen LogP contribution in [0.2, 0.25) is 0 Å². The number of nitrogens with one attached hydrogen (secondary N) is 1. The Morgan fingerprint density at radius 3 is 2.58 bits per heavy atom. The molecule has 2 aromatic heterocycles. The Kier molecular flexibility index (Phi) is 5.91. The van der Waals surface area contributed by atoms with Crippen molar-refractivity contribution in [3.8, 4) is 28.5 Å². The highest BCUT2D eigenvalue weighted by atomic mass is 16.5. The van der Waals surface area contributed by atoms with E-state index in [2.05, 4.69) is 16.0 Å². The van der Waals surface area contributed by atoms with E-state index in [1.165, 1.54) is 0 Å². The fourth-order valence-corrected chi connectivity index (χ4v) is 3.58. The van der Waals surface area contributed by atoms with E-state index in [0.29, 0.717) is 24.2 Å². The molecule has 0 amide bonds. The Morgan fingerprint density at radius 1 is 1.06 bits per heavy atom. The van der Waals surface area contributed by atoms with Crippen molar-refractivity contribution in [1.82, 2.24) is 9.97 Å². The van der Waals surface area contributed by atoms with Gasteiger partial charge in [0.1, 0.15) is 0 Å². The highest BCUT2D eigenvalue weighted by Crippen LogP contribution is 2.30. The van der Waals surface area contributed by atoms with Crippen LogP contribution in [0, 0.1) is 11.3 Å². The predicted octanol–water partition coefficient (Wildman–Crippen LogP) is 5.38. The predicted molar refractivity (Wildman–Crippen MR) is 119 cm³/mol. The molecule has 31 heavy (non-hydrogen) atoms. The molecule has 2 heterocycles. The molecule has 4 aromatic rings. The van der Waals surface area contributed by atoms with Gasteiger partial charge in [-0.15, -0.1) is 0 Å². The lowest BCUT2D eigenvalue weighted by atomic mass is 9.98. The van der Waals surface area contributed by atoms with Crippen LogP contribution in [0.4, 0.5) is 0 Å². The van der Waals surface area contributed by atoms with Crippen LogP contribution in [0.25, 0.3) is 22.4 Å². The molecule has 5 nitrogen and oxygen atoms in total. The maximum absolute atomic E-state index is 12.8. The summed E-state index contributed by atoms with van der Waals surface area (Å²) in [6, 6.07) is 23.3. The summed E-state index contributed by atoms with van der Waals surface area (Å²) in [7, 11) is 0. The molecule has 0 aliphatic rings. The van der Waals surface area contributed by atoms with Crippen LogP contribution >= 0.6 is 0 Å². The number of carbonyl (C=O) groups is 1. The second-order valence-electron chi connectivity index (χ2n) is 7.06. The van der Waals surface area contributed by atoms with Gasteiger partial charge in [0.25, 0.3) is 0 Å². The van der Waals surface area contributed by atoms with E-state index in [-0.39, 0.29) is 5.97 Å². The fraction of sp³-hybridized carbons (Fsp3) is 0.115. The summed E-state index contributed by atoms with van der Waals surface area (Å²) in [6.45, 7) is 2.09. The number of nitriles is 1.